The molecule has 0 amide bonds. The minimum atomic E-state index is 0.0679. The third-order valence-electron chi connectivity index (χ3n) is 3.48. The normalized spacial score (nSPS) is 16.7. The number of ether oxygens (including phenoxy) is 1. The zero-order valence-electron chi connectivity index (χ0n) is 10.5. The van der Waals surface area contributed by atoms with Crippen LogP contribution in [0.4, 0.5) is 0 Å². The smallest absolute Gasteiger partial charge is 0.188 e. The minimum absolute atomic E-state index is 0.0679. The van der Waals surface area contributed by atoms with Crippen LogP contribution in [0.5, 0.6) is 0 Å². The van der Waals surface area contributed by atoms with E-state index in [0.29, 0.717) is 5.92 Å². The number of hydrogen-bond acceptors (Lipinski definition) is 2. The van der Waals surface area contributed by atoms with Gasteiger partial charge in [-0.05, 0) is 30.9 Å². The summed E-state index contributed by atoms with van der Waals surface area (Å²) in [7, 11) is 0. The molecule has 0 heterocycles. The van der Waals surface area contributed by atoms with Crippen LogP contribution in [0.2, 0.25) is 0 Å². The Morgan fingerprint density at radius 1 is 1.17 bits per heavy atom. The highest BCUT2D eigenvalue weighted by molar-refractivity contribution is 9.10. The molecule has 0 N–H and O–H groups in total. The number of halogens is 1. The van der Waals surface area contributed by atoms with Gasteiger partial charge in [0, 0.05) is 10.0 Å². The molecule has 0 unspecified atom stereocenters. The van der Waals surface area contributed by atoms with Crippen molar-refractivity contribution in [3.63, 3.8) is 0 Å². The molecule has 0 bridgehead atoms. The van der Waals surface area contributed by atoms with Gasteiger partial charge < -0.3 is 4.74 Å². The van der Waals surface area contributed by atoms with Crippen LogP contribution in [0.1, 0.15) is 42.5 Å². The molecule has 18 heavy (non-hydrogen) atoms. The Morgan fingerprint density at radius 2 is 1.83 bits per heavy atom. The molecule has 0 atom stereocenters. The van der Waals surface area contributed by atoms with Crippen LogP contribution in [0.3, 0.4) is 0 Å². The molecule has 2 rings (SSSR count). The van der Waals surface area contributed by atoms with Crippen molar-refractivity contribution in [2.45, 2.75) is 32.1 Å². The monoisotopic (exact) mass is 310 g/mol. The summed E-state index contributed by atoms with van der Waals surface area (Å²) < 4.78 is 6.55. The molecular formula is C15H19BrO2. The van der Waals surface area contributed by atoms with Crippen molar-refractivity contribution < 1.29 is 9.53 Å². The van der Waals surface area contributed by atoms with Gasteiger partial charge in [0.25, 0.3) is 0 Å². The number of benzene rings is 1. The molecule has 98 valence electrons. The molecule has 1 aromatic rings. The Labute approximate surface area is 117 Å². The van der Waals surface area contributed by atoms with Gasteiger partial charge in [0.05, 0.1) is 6.61 Å². The summed E-state index contributed by atoms with van der Waals surface area (Å²) in [6.07, 6.45) is 6.50. The van der Waals surface area contributed by atoms with Gasteiger partial charge >= 0.3 is 0 Å². The summed E-state index contributed by atoms with van der Waals surface area (Å²) in [5.41, 5.74) is 0.724. The molecule has 3 heteroatoms. The van der Waals surface area contributed by atoms with Crippen molar-refractivity contribution in [1.82, 2.24) is 0 Å². The molecule has 0 aliphatic heterocycles. The third kappa shape index (κ3) is 4.21. The minimum Gasteiger partial charge on any atom is -0.373 e. The molecule has 0 aromatic heterocycles. The third-order valence-corrected chi connectivity index (χ3v) is 4.01. The zero-order chi connectivity index (χ0) is 12.8. The summed E-state index contributed by atoms with van der Waals surface area (Å²) in [6.45, 7) is 0.945. The van der Waals surface area contributed by atoms with Crippen LogP contribution in [0, 0.1) is 5.92 Å². The standard InChI is InChI=1S/C15H19BrO2/c16-14-8-6-13(7-9-14)15(17)11-18-10-12-4-2-1-3-5-12/h6-9,12H,1-5,10-11H2. The molecule has 0 radical (unpaired) electrons. The van der Waals surface area contributed by atoms with Crippen LogP contribution < -0.4 is 0 Å². The number of hydrogen-bond donors (Lipinski definition) is 0. The van der Waals surface area contributed by atoms with Crippen molar-refractivity contribution in [3.8, 4) is 0 Å². The Balaban J connectivity index is 1.72. The Bertz CT molecular complexity index is 380. The Morgan fingerprint density at radius 3 is 2.50 bits per heavy atom. The lowest BCUT2D eigenvalue weighted by molar-refractivity contribution is 0.0628. The van der Waals surface area contributed by atoms with Crippen LogP contribution in [-0.4, -0.2) is 19.0 Å². The molecule has 0 spiro atoms. The molecule has 1 fully saturated rings. The Kier molecular flexibility index (Phi) is 5.39. The van der Waals surface area contributed by atoms with Crippen LogP contribution in [0.15, 0.2) is 28.7 Å². The number of carbonyl (C=O) groups is 1. The fraction of sp³-hybridized carbons (Fsp3) is 0.533. The van der Waals surface area contributed by atoms with Crippen molar-refractivity contribution in [3.05, 3.63) is 34.3 Å². The van der Waals surface area contributed by atoms with E-state index in [0.717, 1.165) is 16.6 Å². The van der Waals surface area contributed by atoms with E-state index >= 15 is 0 Å². The van der Waals surface area contributed by atoms with Gasteiger partial charge in [-0.15, -0.1) is 0 Å². The maximum Gasteiger partial charge on any atom is 0.188 e. The summed E-state index contributed by atoms with van der Waals surface area (Å²) in [6, 6.07) is 7.43. The Hall–Kier alpha value is -0.670. The molecule has 1 aliphatic rings. The molecular weight excluding hydrogens is 292 g/mol. The molecule has 1 aromatic carbocycles. The van der Waals surface area contributed by atoms with E-state index in [4.69, 9.17) is 4.74 Å². The first kappa shape index (κ1) is 13.8. The van der Waals surface area contributed by atoms with Gasteiger partial charge in [0.2, 0.25) is 0 Å². The molecule has 1 aliphatic carbocycles. The number of carbonyl (C=O) groups excluding carboxylic acids is 1. The average molecular weight is 311 g/mol. The van der Waals surface area contributed by atoms with Crippen molar-refractivity contribution >= 4 is 21.7 Å². The van der Waals surface area contributed by atoms with Crippen molar-refractivity contribution in [2.24, 2.45) is 5.92 Å². The second kappa shape index (κ2) is 7.05. The summed E-state index contributed by atoms with van der Waals surface area (Å²) in [5.74, 6) is 0.731. The highest BCUT2D eigenvalue weighted by Gasteiger charge is 2.14. The summed E-state index contributed by atoms with van der Waals surface area (Å²) in [5, 5.41) is 0. The van der Waals surface area contributed by atoms with E-state index in [1.807, 2.05) is 24.3 Å². The van der Waals surface area contributed by atoms with Crippen molar-refractivity contribution in [1.29, 1.82) is 0 Å². The van der Waals surface area contributed by atoms with Crippen LogP contribution >= 0.6 is 15.9 Å². The van der Waals surface area contributed by atoms with Gasteiger partial charge in [-0.25, -0.2) is 0 Å². The average Bonchev–Trinajstić information content (AvgIpc) is 2.40. The predicted octanol–water partition coefficient (Wildman–Crippen LogP) is 4.23. The maximum absolute atomic E-state index is 11.9. The lowest BCUT2D eigenvalue weighted by atomic mass is 9.90. The second-order valence-corrected chi connectivity index (χ2v) is 5.86. The van der Waals surface area contributed by atoms with Gasteiger partial charge in [0.1, 0.15) is 6.61 Å². The van der Waals surface area contributed by atoms with Gasteiger partial charge in [-0.3, -0.25) is 4.79 Å². The maximum atomic E-state index is 11.9. The van der Waals surface area contributed by atoms with Crippen LogP contribution in [-0.2, 0) is 4.74 Å². The number of ketones is 1. The molecule has 1 saturated carbocycles. The first-order valence-electron chi connectivity index (χ1n) is 6.62. The largest absolute Gasteiger partial charge is 0.373 e. The SMILES string of the molecule is O=C(COCC1CCCCC1)c1ccc(Br)cc1. The van der Waals surface area contributed by atoms with E-state index in [-0.39, 0.29) is 12.4 Å². The van der Waals surface area contributed by atoms with Gasteiger partial charge in [-0.2, -0.15) is 0 Å². The number of rotatable bonds is 5. The number of Topliss-reactive ketones (excluding diaryl/α,β-unsaturated/α-hetero) is 1. The first-order valence-corrected chi connectivity index (χ1v) is 7.41. The molecule has 2 nitrogen and oxygen atoms in total. The van der Waals surface area contributed by atoms with E-state index in [1.54, 1.807) is 0 Å². The van der Waals surface area contributed by atoms with E-state index < -0.39 is 0 Å². The lowest BCUT2D eigenvalue weighted by Crippen LogP contribution is -2.17. The quantitative estimate of drug-likeness (QED) is 0.761. The topological polar surface area (TPSA) is 26.3 Å². The highest BCUT2D eigenvalue weighted by atomic mass is 79.9. The lowest BCUT2D eigenvalue weighted by Gasteiger charge is -2.21. The predicted molar refractivity (Wildman–Crippen MR) is 75.9 cm³/mol. The van der Waals surface area contributed by atoms with Gasteiger partial charge in [-0.1, -0.05) is 47.3 Å². The summed E-state index contributed by atoms with van der Waals surface area (Å²) in [4.78, 5) is 11.9. The summed E-state index contributed by atoms with van der Waals surface area (Å²) >= 11 is 3.36. The fourth-order valence-electron chi connectivity index (χ4n) is 2.39. The first-order chi connectivity index (χ1) is 8.75. The van der Waals surface area contributed by atoms with E-state index in [1.165, 1.54) is 32.1 Å². The van der Waals surface area contributed by atoms with E-state index in [2.05, 4.69) is 15.9 Å². The second-order valence-electron chi connectivity index (χ2n) is 4.95. The van der Waals surface area contributed by atoms with Crippen LogP contribution in [0.25, 0.3) is 0 Å². The van der Waals surface area contributed by atoms with Gasteiger partial charge in [0.15, 0.2) is 5.78 Å². The highest BCUT2D eigenvalue weighted by Crippen LogP contribution is 2.23. The van der Waals surface area contributed by atoms with Crippen molar-refractivity contribution in [2.75, 3.05) is 13.2 Å². The van der Waals surface area contributed by atoms with E-state index in [9.17, 15) is 4.79 Å². The zero-order valence-corrected chi connectivity index (χ0v) is 12.1. The molecule has 0 saturated heterocycles. The fourth-order valence-corrected chi connectivity index (χ4v) is 2.66.